The van der Waals surface area contributed by atoms with Crippen molar-refractivity contribution in [3.63, 3.8) is 0 Å². The number of hydrogen-bond acceptors (Lipinski definition) is 4. The van der Waals surface area contributed by atoms with Crippen LogP contribution in [0.15, 0.2) is 21.8 Å². The first-order valence-corrected chi connectivity index (χ1v) is 10.5. The van der Waals surface area contributed by atoms with Crippen LogP contribution in [-0.4, -0.2) is 11.0 Å². The molecule has 1 heterocycles. The Hall–Kier alpha value is -1.57. The maximum absolute atomic E-state index is 14.7. The third-order valence-electron chi connectivity index (χ3n) is 4.55. The second kappa shape index (κ2) is 9.06. The van der Waals surface area contributed by atoms with E-state index >= 15 is 0 Å². The van der Waals surface area contributed by atoms with E-state index in [1.807, 2.05) is 0 Å². The number of nitrogens with one attached hydrogen (secondary N) is 1. The Labute approximate surface area is 179 Å². The molecule has 0 spiro atoms. The Kier molecular flexibility index (Phi) is 7.41. The SMILES string of the molecule is CC(C)c1c(F)c(Cl)c(F)c(C(C)C)c1CC(=O)NSc1cc(C(C)(C)O)co1. The highest BCUT2D eigenvalue weighted by Gasteiger charge is 2.28. The molecule has 0 atom stereocenters. The predicted octanol–water partition coefficient (Wildman–Crippen LogP) is 6.05. The van der Waals surface area contributed by atoms with E-state index < -0.39 is 28.2 Å². The van der Waals surface area contributed by atoms with Gasteiger partial charge in [-0.2, -0.15) is 0 Å². The maximum atomic E-state index is 14.7. The van der Waals surface area contributed by atoms with Gasteiger partial charge in [-0.3, -0.25) is 9.52 Å². The minimum absolute atomic E-state index is 0.196. The molecule has 1 aromatic carbocycles. The number of benzene rings is 1. The smallest absolute Gasteiger partial charge is 0.234 e. The fourth-order valence-electron chi connectivity index (χ4n) is 3.13. The zero-order chi connectivity index (χ0) is 22.1. The van der Waals surface area contributed by atoms with Gasteiger partial charge in [0.25, 0.3) is 0 Å². The molecule has 0 bridgehead atoms. The van der Waals surface area contributed by atoms with Crippen LogP contribution in [0.25, 0.3) is 0 Å². The molecule has 1 aromatic heterocycles. The van der Waals surface area contributed by atoms with Crippen LogP contribution in [0.5, 0.6) is 0 Å². The van der Waals surface area contributed by atoms with Crippen molar-refractivity contribution in [2.45, 2.75) is 70.5 Å². The van der Waals surface area contributed by atoms with Gasteiger partial charge in [-0.15, -0.1) is 0 Å². The summed E-state index contributed by atoms with van der Waals surface area (Å²) in [6.07, 6.45) is 1.21. The lowest BCUT2D eigenvalue weighted by Crippen LogP contribution is -2.22. The Bertz CT molecular complexity index is 869. The quantitative estimate of drug-likeness (QED) is 0.402. The molecule has 2 aromatic rings. The predicted molar refractivity (Wildman–Crippen MR) is 111 cm³/mol. The first-order valence-electron chi connectivity index (χ1n) is 9.30. The average Bonchev–Trinajstić information content (AvgIpc) is 3.07. The van der Waals surface area contributed by atoms with E-state index in [0.717, 1.165) is 11.9 Å². The Morgan fingerprint density at radius 3 is 2.14 bits per heavy atom. The largest absolute Gasteiger partial charge is 0.456 e. The summed E-state index contributed by atoms with van der Waals surface area (Å²) in [5.41, 5.74) is 0.331. The number of rotatable bonds is 7. The highest BCUT2D eigenvalue weighted by atomic mass is 35.5. The van der Waals surface area contributed by atoms with Crippen molar-refractivity contribution in [3.05, 3.63) is 51.2 Å². The molecule has 2 N–H and O–H groups in total. The molecule has 0 radical (unpaired) electrons. The van der Waals surface area contributed by atoms with Crippen LogP contribution >= 0.6 is 23.5 Å². The molecular weight excluding hydrogens is 420 g/mol. The molecule has 1 amide bonds. The summed E-state index contributed by atoms with van der Waals surface area (Å²) in [5, 5.41) is 9.83. The van der Waals surface area contributed by atoms with Crippen molar-refractivity contribution in [2.24, 2.45) is 0 Å². The number of amides is 1. The molecule has 0 aliphatic carbocycles. The van der Waals surface area contributed by atoms with Crippen molar-refractivity contribution in [3.8, 4) is 0 Å². The van der Waals surface area contributed by atoms with Gasteiger partial charge in [0.2, 0.25) is 5.91 Å². The minimum atomic E-state index is -1.07. The number of halogens is 3. The zero-order valence-electron chi connectivity index (χ0n) is 17.3. The monoisotopic (exact) mass is 445 g/mol. The van der Waals surface area contributed by atoms with Crippen LogP contribution in [-0.2, 0) is 16.8 Å². The molecule has 0 fully saturated rings. The van der Waals surface area contributed by atoms with Crippen LogP contribution in [0.2, 0.25) is 5.02 Å². The number of aliphatic hydroxyl groups is 1. The molecule has 8 heteroatoms. The average molecular weight is 446 g/mol. The molecule has 29 heavy (non-hydrogen) atoms. The van der Waals surface area contributed by atoms with E-state index in [4.69, 9.17) is 16.0 Å². The number of hydrogen-bond donors (Lipinski definition) is 2. The van der Waals surface area contributed by atoms with Gasteiger partial charge >= 0.3 is 0 Å². The van der Waals surface area contributed by atoms with Crippen molar-refractivity contribution in [2.75, 3.05) is 0 Å². The van der Waals surface area contributed by atoms with Crippen molar-refractivity contribution < 1.29 is 23.1 Å². The zero-order valence-corrected chi connectivity index (χ0v) is 18.9. The van der Waals surface area contributed by atoms with Crippen molar-refractivity contribution in [1.82, 2.24) is 4.72 Å². The molecule has 4 nitrogen and oxygen atoms in total. The molecule has 0 unspecified atom stereocenters. The molecule has 160 valence electrons. The lowest BCUT2D eigenvalue weighted by Gasteiger charge is -2.22. The number of carbonyl (C=O) groups is 1. The van der Waals surface area contributed by atoms with Gasteiger partial charge < -0.3 is 9.52 Å². The molecule has 2 rings (SSSR count). The fraction of sp³-hybridized carbons (Fsp3) is 0.476. The first-order chi connectivity index (χ1) is 13.3. The minimum Gasteiger partial charge on any atom is -0.456 e. The third kappa shape index (κ3) is 5.32. The molecule has 0 saturated carbocycles. The van der Waals surface area contributed by atoms with Crippen LogP contribution in [0.3, 0.4) is 0 Å². The summed E-state index contributed by atoms with van der Waals surface area (Å²) in [6.45, 7) is 10.3. The topological polar surface area (TPSA) is 62.5 Å². The summed E-state index contributed by atoms with van der Waals surface area (Å²) in [5.74, 6) is -2.62. The van der Waals surface area contributed by atoms with Crippen LogP contribution < -0.4 is 4.72 Å². The second-order valence-corrected chi connectivity index (χ2v) is 9.26. The first kappa shape index (κ1) is 23.7. The lowest BCUT2D eigenvalue weighted by atomic mass is 9.86. The third-order valence-corrected chi connectivity index (χ3v) is 5.62. The summed E-state index contributed by atoms with van der Waals surface area (Å²) in [4.78, 5) is 12.5. The van der Waals surface area contributed by atoms with Crippen LogP contribution in [0.4, 0.5) is 8.78 Å². The molecule has 0 saturated heterocycles. The normalized spacial score (nSPS) is 12.1. The fourth-order valence-corrected chi connectivity index (χ4v) is 3.90. The van der Waals surface area contributed by atoms with Gasteiger partial charge in [0.15, 0.2) is 5.09 Å². The van der Waals surface area contributed by atoms with Crippen LogP contribution in [0.1, 0.15) is 75.6 Å². The van der Waals surface area contributed by atoms with Gasteiger partial charge in [-0.1, -0.05) is 39.3 Å². The van der Waals surface area contributed by atoms with Gasteiger partial charge in [0.05, 0.1) is 18.3 Å². The van der Waals surface area contributed by atoms with Gasteiger partial charge in [0, 0.05) is 17.5 Å². The summed E-state index contributed by atoms with van der Waals surface area (Å²) < 4.78 is 37.3. The van der Waals surface area contributed by atoms with E-state index in [1.165, 1.54) is 6.26 Å². The number of furan rings is 1. The molecular formula is C21H26ClF2NO3S. The van der Waals surface area contributed by atoms with Gasteiger partial charge in [-0.25, -0.2) is 8.78 Å². The van der Waals surface area contributed by atoms with Crippen molar-refractivity contribution >= 4 is 29.5 Å². The Morgan fingerprint density at radius 2 is 1.72 bits per heavy atom. The van der Waals surface area contributed by atoms with E-state index in [0.29, 0.717) is 16.2 Å². The lowest BCUT2D eigenvalue weighted by molar-refractivity contribution is -0.118. The van der Waals surface area contributed by atoms with E-state index in [1.54, 1.807) is 47.6 Å². The standard InChI is InChI=1S/C21H26ClF2NO3S/c1-10(2)16-13(17(11(3)4)20(24)18(22)19(16)23)8-14(26)25-29-15-7-12(9-28-15)21(5,6)27/h7,9-11,27H,8H2,1-6H3,(H,25,26). The summed E-state index contributed by atoms with van der Waals surface area (Å²) in [7, 11) is 0. The number of carbonyl (C=O) groups excluding carboxylic acids is 1. The van der Waals surface area contributed by atoms with E-state index in [-0.39, 0.29) is 29.4 Å². The van der Waals surface area contributed by atoms with E-state index in [2.05, 4.69) is 4.72 Å². The highest BCUT2D eigenvalue weighted by molar-refractivity contribution is 7.97. The van der Waals surface area contributed by atoms with Gasteiger partial charge in [-0.05, 0) is 48.4 Å². The molecule has 0 aliphatic rings. The Balaban J connectivity index is 2.28. The maximum Gasteiger partial charge on any atom is 0.234 e. The van der Waals surface area contributed by atoms with Crippen LogP contribution in [0, 0.1) is 11.6 Å². The summed E-state index contributed by atoms with van der Waals surface area (Å²) >= 11 is 6.81. The molecule has 0 aliphatic heterocycles. The Morgan fingerprint density at radius 1 is 1.21 bits per heavy atom. The van der Waals surface area contributed by atoms with Crippen molar-refractivity contribution in [1.29, 1.82) is 0 Å². The summed E-state index contributed by atoms with van der Waals surface area (Å²) in [6, 6.07) is 1.62. The second-order valence-electron chi connectivity index (χ2n) is 8.07. The van der Waals surface area contributed by atoms with Gasteiger partial charge in [0.1, 0.15) is 16.7 Å². The van der Waals surface area contributed by atoms with E-state index in [9.17, 15) is 18.7 Å². The highest BCUT2D eigenvalue weighted by Crippen LogP contribution is 2.37.